The molecule has 0 aliphatic heterocycles. The Labute approximate surface area is 148 Å². The van der Waals surface area contributed by atoms with Gasteiger partial charge in [0.1, 0.15) is 5.75 Å². The number of methoxy groups -OCH3 is 1. The fourth-order valence-corrected chi connectivity index (χ4v) is 2.80. The summed E-state index contributed by atoms with van der Waals surface area (Å²) in [5.74, 6) is 0.883. The second-order valence-electron chi connectivity index (χ2n) is 5.93. The van der Waals surface area contributed by atoms with Crippen molar-refractivity contribution >= 4 is 5.91 Å². The topological polar surface area (TPSA) is 34.5 Å². The smallest absolute Gasteiger partial charge is 0.253 e. The number of ether oxygens (including phenoxy) is 1. The molecule has 0 saturated carbocycles. The molecule has 0 aliphatic carbocycles. The molecule has 1 amide bonds. The maximum Gasteiger partial charge on any atom is 0.253 e. The second-order valence-corrected chi connectivity index (χ2v) is 5.93. The first-order valence-corrected chi connectivity index (χ1v) is 8.30. The van der Waals surface area contributed by atoms with Gasteiger partial charge in [0.15, 0.2) is 0 Å². The first kappa shape index (κ1) is 16.8. The van der Waals surface area contributed by atoms with Crippen LogP contribution >= 0.6 is 0 Å². The lowest BCUT2D eigenvalue weighted by Crippen LogP contribution is -2.28. The normalized spacial score (nSPS) is 10.5. The molecular formula is C21H22N2O2. The fourth-order valence-electron chi connectivity index (χ4n) is 2.80. The van der Waals surface area contributed by atoms with Gasteiger partial charge in [-0.05, 0) is 54.4 Å². The van der Waals surface area contributed by atoms with Crippen LogP contribution in [-0.2, 0) is 6.42 Å². The Morgan fingerprint density at radius 1 is 1.00 bits per heavy atom. The number of benzene rings is 2. The zero-order valence-corrected chi connectivity index (χ0v) is 14.6. The van der Waals surface area contributed by atoms with E-state index in [-0.39, 0.29) is 5.91 Å². The molecule has 1 aromatic heterocycles. The Balaban J connectivity index is 1.64. The van der Waals surface area contributed by atoms with Gasteiger partial charge in [-0.1, -0.05) is 18.2 Å². The van der Waals surface area contributed by atoms with Gasteiger partial charge in [0.05, 0.1) is 7.11 Å². The fraction of sp³-hybridized carbons (Fsp3) is 0.190. The molecule has 128 valence electrons. The molecule has 25 heavy (non-hydrogen) atoms. The van der Waals surface area contributed by atoms with Crippen molar-refractivity contribution in [1.82, 2.24) is 9.47 Å². The van der Waals surface area contributed by atoms with Gasteiger partial charge in [0.2, 0.25) is 0 Å². The second kappa shape index (κ2) is 7.71. The van der Waals surface area contributed by atoms with E-state index in [4.69, 9.17) is 4.74 Å². The molecule has 3 rings (SSSR count). The number of nitrogens with zero attached hydrogens (tertiary/aromatic N) is 2. The first-order chi connectivity index (χ1) is 12.2. The minimum atomic E-state index is 0.0222. The lowest BCUT2D eigenvalue weighted by atomic mass is 10.1. The highest BCUT2D eigenvalue weighted by molar-refractivity contribution is 5.94. The third-order valence-electron chi connectivity index (χ3n) is 4.27. The molecule has 0 saturated heterocycles. The summed E-state index contributed by atoms with van der Waals surface area (Å²) in [7, 11) is 3.50. The quantitative estimate of drug-likeness (QED) is 0.687. The molecule has 0 atom stereocenters. The number of rotatable bonds is 6. The summed E-state index contributed by atoms with van der Waals surface area (Å²) >= 11 is 0. The highest BCUT2D eigenvalue weighted by Crippen LogP contribution is 2.18. The first-order valence-electron chi connectivity index (χ1n) is 8.30. The van der Waals surface area contributed by atoms with Crippen LogP contribution in [0.25, 0.3) is 5.69 Å². The SMILES string of the molecule is COc1ccccc1CCN(C)C(=O)c1ccc(-n2cccc2)cc1. The van der Waals surface area contributed by atoms with E-state index in [1.165, 1.54) is 0 Å². The van der Waals surface area contributed by atoms with Crippen LogP contribution in [0.5, 0.6) is 5.75 Å². The van der Waals surface area contributed by atoms with Crippen LogP contribution < -0.4 is 4.74 Å². The van der Waals surface area contributed by atoms with E-state index in [1.807, 2.05) is 84.7 Å². The van der Waals surface area contributed by atoms with Gasteiger partial charge in [0.25, 0.3) is 5.91 Å². The summed E-state index contributed by atoms with van der Waals surface area (Å²) < 4.78 is 7.38. The van der Waals surface area contributed by atoms with Crippen molar-refractivity contribution in [3.05, 3.63) is 84.2 Å². The molecule has 1 heterocycles. The van der Waals surface area contributed by atoms with Gasteiger partial charge in [-0.25, -0.2) is 0 Å². The van der Waals surface area contributed by atoms with Crippen molar-refractivity contribution in [3.63, 3.8) is 0 Å². The minimum absolute atomic E-state index is 0.0222. The summed E-state index contributed by atoms with van der Waals surface area (Å²) in [5.41, 5.74) is 2.84. The number of carbonyl (C=O) groups excluding carboxylic acids is 1. The van der Waals surface area contributed by atoms with Crippen molar-refractivity contribution in [2.24, 2.45) is 0 Å². The standard InChI is InChI=1S/C21H22N2O2/c1-22(16-13-17-7-3-4-8-20(17)25-2)21(24)18-9-11-19(12-10-18)23-14-5-6-15-23/h3-12,14-15H,13,16H2,1-2H3. The van der Waals surface area contributed by atoms with Crippen molar-refractivity contribution in [2.45, 2.75) is 6.42 Å². The lowest BCUT2D eigenvalue weighted by Gasteiger charge is -2.18. The molecule has 0 N–H and O–H groups in total. The predicted octanol–water partition coefficient (Wildman–Crippen LogP) is 3.80. The molecule has 3 aromatic rings. The van der Waals surface area contributed by atoms with Gasteiger partial charge in [-0.3, -0.25) is 4.79 Å². The molecule has 0 spiro atoms. The van der Waals surface area contributed by atoms with Crippen molar-refractivity contribution in [1.29, 1.82) is 0 Å². The molecule has 0 unspecified atom stereocenters. The zero-order valence-electron chi connectivity index (χ0n) is 14.6. The van der Waals surface area contributed by atoms with Crippen LogP contribution in [0, 0.1) is 0 Å². The molecular weight excluding hydrogens is 312 g/mol. The number of aromatic nitrogens is 1. The average Bonchev–Trinajstić information content (AvgIpc) is 3.20. The Morgan fingerprint density at radius 2 is 1.68 bits per heavy atom. The summed E-state index contributed by atoms with van der Waals surface area (Å²) in [6.45, 7) is 0.637. The van der Waals surface area contributed by atoms with E-state index in [1.54, 1.807) is 12.0 Å². The number of amides is 1. The summed E-state index contributed by atoms with van der Waals surface area (Å²) in [6.07, 6.45) is 4.72. The number of carbonyl (C=O) groups is 1. The van der Waals surface area contributed by atoms with E-state index in [9.17, 15) is 4.79 Å². The molecule has 0 fully saturated rings. The number of likely N-dealkylation sites (N-methyl/N-ethyl adjacent to an activating group) is 1. The zero-order chi connectivity index (χ0) is 17.6. The van der Waals surface area contributed by atoms with E-state index in [0.29, 0.717) is 12.1 Å². The Bertz CT molecular complexity index is 823. The predicted molar refractivity (Wildman–Crippen MR) is 99.4 cm³/mol. The van der Waals surface area contributed by atoms with Gasteiger partial charge >= 0.3 is 0 Å². The van der Waals surface area contributed by atoms with E-state index in [2.05, 4.69) is 0 Å². The maximum absolute atomic E-state index is 12.6. The van der Waals surface area contributed by atoms with E-state index in [0.717, 1.165) is 23.4 Å². The van der Waals surface area contributed by atoms with Crippen LogP contribution in [-0.4, -0.2) is 36.1 Å². The third-order valence-corrected chi connectivity index (χ3v) is 4.27. The van der Waals surface area contributed by atoms with E-state index >= 15 is 0 Å². The summed E-state index contributed by atoms with van der Waals surface area (Å²) in [5, 5.41) is 0. The van der Waals surface area contributed by atoms with Gasteiger partial charge in [-0.2, -0.15) is 0 Å². The largest absolute Gasteiger partial charge is 0.496 e. The van der Waals surface area contributed by atoms with E-state index < -0.39 is 0 Å². The van der Waals surface area contributed by atoms with Gasteiger partial charge in [-0.15, -0.1) is 0 Å². The Morgan fingerprint density at radius 3 is 2.36 bits per heavy atom. The third kappa shape index (κ3) is 3.91. The van der Waals surface area contributed by atoms with Crippen LogP contribution in [0.15, 0.2) is 73.1 Å². The molecule has 4 nitrogen and oxygen atoms in total. The lowest BCUT2D eigenvalue weighted by molar-refractivity contribution is 0.0796. The van der Waals surface area contributed by atoms with Gasteiger partial charge < -0.3 is 14.2 Å². The Kier molecular flexibility index (Phi) is 5.19. The molecule has 4 heteroatoms. The highest BCUT2D eigenvalue weighted by Gasteiger charge is 2.12. The van der Waals surface area contributed by atoms with Crippen molar-refractivity contribution in [2.75, 3.05) is 20.7 Å². The number of hydrogen-bond acceptors (Lipinski definition) is 2. The van der Waals surface area contributed by atoms with Crippen molar-refractivity contribution in [3.8, 4) is 11.4 Å². The van der Waals surface area contributed by atoms with Gasteiger partial charge in [0, 0.05) is 37.2 Å². The van der Waals surface area contributed by atoms with Crippen LogP contribution in [0.2, 0.25) is 0 Å². The number of hydrogen-bond donors (Lipinski definition) is 0. The molecule has 0 radical (unpaired) electrons. The Hall–Kier alpha value is -3.01. The molecule has 2 aromatic carbocycles. The monoisotopic (exact) mass is 334 g/mol. The van der Waals surface area contributed by atoms with Crippen LogP contribution in [0.3, 0.4) is 0 Å². The van der Waals surface area contributed by atoms with Crippen LogP contribution in [0.4, 0.5) is 0 Å². The van der Waals surface area contributed by atoms with Crippen LogP contribution in [0.1, 0.15) is 15.9 Å². The number of para-hydroxylation sites is 1. The molecule has 0 aliphatic rings. The van der Waals surface area contributed by atoms with Crippen molar-refractivity contribution < 1.29 is 9.53 Å². The molecule has 0 bridgehead atoms. The minimum Gasteiger partial charge on any atom is -0.496 e. The summed E-state index contributed by atoms with van der Waals surface area (Å²) in [4.78, 5) is 14.4. The maximum atomic E-state index is 12.6. The average molecular weight is 334 g/mol. The summed E-state index contributed by atoms with van der Waals surface area (Å²) in [6, 6.07) is 19.5. The highest BCUT2D eigenvalue weighted by atomic mass is 16.5.